The highest BCUT2D eigenvalue weighted by Gasteiger charge is 2.17. The molecule has 12 nitrogen and oxygen atoms in total. The molecule has 2 N–H and O–H groups in total. The number of nitrogens with zero attached hydrogens (tertiary/aromatic N) is 2. The van der Waals surface area contributed by atoms with Gasteiger partial charge in [-0.25, -0.2) is 0 Å². The number of benzene rings is 3. The molecule has 0 saturated heterocycles. The fraction of sp³-hybridized carbons (Fsp3) is 0.535. The lowest BCUT2D eigenvalue weighted by molar-refractivity contribution is -0.384. The summed E-state index contributed by atoms with van der Waals surface area (Å²) in [5.74, 6) is 0.0682. The van der Waals surface area contributed by atoms with Crippen LogP contribution in [0.15, 0.2) is 54.6 Å². The molecule has 0 heterocycles. The van der Waals surface area contributed by atoms with Crippen LogP contribution < -0.4 is 25.0 Å². The van der Waals surface area contributed by atoms with Crippen molar-refractivity contribution in [3.05, 3.63) is 70.3 Å². The number of unbranched alkanes of at least 4 members (excludes halogenated alkanes) is 10. The zero-order valence-corrected chi connectivity index (χ0v) is 33.6. The van der Waals surface area contributed by atoms with Crippen LogP contribution in [-0.2, 0) is 19.1 Å². The monoisotopic (exact) mass is 762 g/mol. The molecule has 0 radical (unpaired) electrons. The Balaban J connectivity index is 1.91. The second kappa shape index (κ2) is 25.1. The third-order valence-electron chi connectivity index (χ3n) is 9.14. The van der Waals surface area contributed by atoms with Crippen molar-refractivity contribution in [2.45, 2.75) is 112 Å². The molecule has 0 aliphatic carbocycles. The van der Waals surface area contributed by atoms with Crippen molar-refractivity contribution in [3.63, 3.8) is 0 Å². The van der Waals surface area contributed by atoms with E-state index in [1.165, 1.54) is 109 Å². The number of nitrogens with one attached hydrogen (secondary N) is 2. The Morgan fingerprint density at radius 2 is 1.13 bits per heavy atom. The zero-order chi connectivity index (χ0) is 39.8. The number of ether oxygens (including phenoxy) is 4. The summed E-state index contributed by atoms with van der Waals surface area (Å²) >= 11 is 0. The normalized spacial score (nSPS) is 10.8. The first kappa shape index (κ1) is 44.4. The van der Waals surface area contributed by atoms with Gasteiger partial charge in [-0.2, -0.15) is 0 Å². The van der Waals surface area contributed by atoms with Gasteiger partial charge < -0.3 is 34.5 Å². The van der Waals surface area contributed by atoms with Crippen LogP contribution in [0.2, 0.25) is 0 Å². The average molecular weight is 763 g/mol. The minimum absolute atomic E-state index is 0.0354. The summed E-state index contributed by atoms with van der Waals surface area (Å²) in [5, 5.41) is 18.0. The second-order valence-electron chi connectivity index (χ2n) is 13.8. The van der Waals surface area contributed by atoms with Crippen molar-refractivity contribution < 1.29 is 33.5 Å². The molecule has 0 aromatic heterocycles. The van der Waals surface area contributed by atoms with Crippen molar-refractivity contribution in [1.29, 1.82) is 0 Å². The number of nitro groups is 1. The topological polar surface area (TPSA) is 142 Å². The minimum Gasteiger partial charge on any atom is -0.488 e. The molecule has 0 bridgehead atoms. The summed E-state index contributed by atoms with van der Waals surface area (Å²) in [6.45, 7) is 11.6. The van der Waals surface area contributed by atoms with Crippen LogP contribution in [0.3, 0.4) is 0 Å². The van der Waals surface area contributed by atoms with Gasteiger partial charge in [0.15, 0.2) is 0 Å². The summed E-state index contributed by atoms with van der Waals surface area (Å²) in [6.07, 6.45) is 15.1. The maximum Gasteiger partial charge on any atom is 0.302 e. The number of hydrogen-bond acceptors (Lipinski definition) is 11. The Bertz CT molecular complexity index is 1600. The van der Waals surface area contributed by atoms with E-state index in [1.807, 2.05) is 0 Å². The van der Waals surface area contributed by atoms with E-state index in [4.69, 9.17) is 18.9 Å². The summed E-state index contributed by atoms with van der Waals surface area (Å²) in [7, 11) is 0. The number of esters is 2. The SMILES string of the molecule is CCCCCCCCN(CCCCCCCC)c1ccc(Nc2cc(OCCOC(C)=O)c(Nc3ccc([N+](=O)[O-])cc3)cc2OCCOC(C)=O)c(C)c1. The maximum atomic E-state index is 11.4. The van der Waals surface area contributed by atoms with Crippen molar-refractivity contribution >= 4 is 46.1 Å². The predicted octanol–water partition coefficient (Wildman–Crippen LogP) is 10.8. The van der Waals surface area contributed by atoms with E-state index >= 15 is 0 Å². The lowest BCUT2D eigenvalue weighted by Gasteiger charge is -2.26. The molecule has 0 amide bonds. The quantitative estimate of drug-likeness (QED) is 0.0316. The van der Waals surface area contributed by atoms with Crippen LogP contribution in [0.1, 0.15) is 110 Å². The van der Waals surface area contributed by atoms with Gasteiger partial charge in [-0.05, 0) is 55.7 Å². The summed E-state index contributed by atoms with van der Waals surface area (Å²) in [5.41, 5.74) is 4.81. The molecular formula is C43H62N4O8. The first-order valence-corrected chi connectivity index (χ1v) is 20.0. The van der Waals surface area contributed by atoms with Crippen molar-refractivity contribution in [2.75, 3.05) is 55.1 Å². The Morgan fingerprint density at radius 1 is 0.636 bits per heavy atom. The van der Waals surface area contributed by atoms with E-state index in [9.17, 15) is 19.7 Å². The molecule has 0 atom stereocenters. The van der Waals surface area contributed by atoms with Crippen LogP contribution >= 0.6 is 0 Å². The van der Waals surface area contributed by atoms with Gasteiger partial charge in [0, 0.05) is 68.3 Å². The van der Waals surface area contributed by atoms with Crippen molar-refractivity contribution in [1.82, 2.24) is 0 Å². The highest BCUT2D eigenvalue weighted by Crippen LogP contribution is 2.40. The Labute approximate surface area is 327 Å². The van der Waals surface area contributed by atoms with Crippen LogP contribution in [0, 0.1) is 17.0 Å². The van der Waals surface area contributed by atoms with Crippen LogP contribution in [0.4, 0.5) is 34.1 Å². The fourth-order valence-corrected chi connectivity index (χ4v) is 6.16. The molecule has 3 aromatic carbocycles. The second-order valence-corrected chi connectivity index (χ2v) is 13.8. The molecule has 0 saturated carbocycles. The third kappa shape index (κ3) is 16.9. The van der Waals surface area contributed by atoms with Gasteiger partial charge in [0.2, 0.25) is 0 Å². The molecule has 12 heteroatoms. The van der Waals surface area contributed by atoms with Crippen LogP contribution in [0.25, 0.3) is 0 Å². The number of carbonyl (C=O) groups is 2. The standard InChI is InChI=1S/C43H62N4O8/c1-6-8-10-12-14-16-24-46(25-17-15-13-11-9-7-2)38-22-23-39(33(3)30-38)45-41-32-42(54-28-26-52-34(4)48)40(31-43(41)55-29-27-53-35(5)49)44-36-18-20-37(21-19-36)47(50)51/h18-23,30-32,44-45H,6-17,24-29H2,1-5H3. The number of aryl methyl sites for hydroxylation is 1. The molecule has 0 unspecified atom stereocenters. The van der Waals surface area contributed by atoms with E-state index in [0.717, 1.165) is 24.3 Å². The van der Waals surface area contributed by atoms with E-state index < -0.39 is 16.9 Å². The number of rotatable bonds is 28. The van der Waals surface area contributed by atoms with Gasteiger partial charge in [0.05, 0.1) is 16.3 Å². The summed E-state index contributed by atoms with van der Waals surface area (Å²) < 4.78 is 22.5. The number of anilines is 5. The fourth-order valence-electron chi connectivity index (χ4n) is 6.16. The number of nitro benzene ring substituents is 1. The smallest absolute Gasteiger partial charge is 0.302 e. The Kier molecular flexibility index (Phi) is 20.3. The third-order valence-corrected chi connectivity index (χ3v) is 9.14. The van der Waals surface area contributed by atoms with Gasteiger partial charge in [-0.1, -0.05) is 78.1 Å². The van der Waals surface area contributed by atoms with Gasteiger partial charge >= 0.3 is 11.9 Å². The Hall–Kier alpha value is -5.00. The molecule has 302 valence electrons. The lowest BCUT2D eigenvalue weighted by Crippen LogP contribution is -2.25. The molecule has 0 aliphatic rings. The molecule has 3 rings (SSSR count). The summed E-state index contributed by atoms with van der Waals surface area (Å²) in [4.78, 5) is 36.2. The van der Waals surface area contributed by atoms with E-state index in [0.29, 0.717) is 28.6 Å². The van der Waals surface area contributed by atoms with Crippen LogP contribution in [-0.4, -0.2) is 56.4 Å². The number of non-ortho nitro benzene ring substituents is 1. The van der Waals surface area contributed by atoms with E-state index in [2.05, 4.69) is 54.5 Å². The van der Waals surface area contributed by atoms with Gasteiger partial charge in [-0.15, -0.1) is 0 Å². The highest BCUT2D eigenvalue weighted by atomic mass is 16.6. The lowest BCUT2D eigenvalue weighted by atomic mass is 10.1. The minimum atomic E-state index is -0.458. The maximum absolute atomic E-state index is 11.4. The average Bonchev–Trinajstić information content (AvgIpc) is 3.15. The zero-order valence-electron chi connectivity index (χ0n) is 33.6. The molecule has 0 fully saturated rings. The molecule has 0 aliphatic heterocycles. The van der Waals surface area contributed by atoms with E-state index in [1.54, 1.807) is 24.3 Å². The molecule has 3 aromatic rings. The van der Waals surface area contributed by atoms with Crippen molar-refractivity contribution in [3.8, 4) is 11.5 Å². The van der Waals surface area contributed by atoms with Gasteiger partial charge in [-0.3, -0.25) is 19.7 Å². The highest BCUT2D eigenvalue weighted by molar-refractivity contribution is 5.79. The van der Waals surface area contributed by atoms with Gasteiger partial charge in [0.25, 0.3) is 5.69 Å². The first-order valence-electron chi connectivity index (χ1n) is 20.0. The first-order chi connectivity index (χ1) is 26.6. The van der Waals surface area contributed by atoms with Crippen LogP contribution in [0.5, 0.6) is 11.5 Å². The number of hydrogen-bond donors (Lipinski definition) is 2. The Morgan fingerprint density at radius 3 is 1.60 bits per heavy atom. The molecule has 55 heavy (non-hydrogen) atoms. The van der Waals surface area contributed by atoms with Gasteiger partial charge in [0.1, 0.15) is 37.9 Å². The van der Waals surface area contributed by atoms with Crippen molar-refractivity contribution in [2.24, 2.45) is 0 Å². The molecular weight excluding hydrogens is 700 g/mol. The summed E-state index contributed by atoms with van der Waals surface area (Å²) in [6, 6.07) is 16.1. The number of carbonyl (C=O) groups excluding carboxylic acids is 2. The molecule has 0 spiro atoms. The van der Waals surface area contributed by atoms with E-state index in [-0.39, 0.29) is 32.1 Å². The largest absolute Gasteiger partial charge is 0.488 e. The predicted molar refractivity (Wildman–Crippen MR) is 221 cm³/mol.